The molecule has 0 bridgehead atoms. The molecule has 23 heavy (non-hydrogen) atoms. The molecule has 1 amide bonds. The molecule has 124 valence electrons. The van der Waals surface area contributed by atoms with Crippen molar-refractivity contribution in [2.24, 2.45) is 5.92 Å². The van der Waals surface area contributed by atoms with Gasteiger partial charge in [-0.3, -0.25) is 9.20 Å². The predicted molar refractivity (Wildman–Crippen MR) is 91.7 cm³/mol. The highest BCUT2D eigenvalue weighted by molar-refractivity contribution is 7.15. The van der Waals surface area contributed by atoms with Crippen LogP contribution in [0.2, 0.25) is 0 Å². The van der Waals surface area contributed by atoms with Crippen LogP contribution in [-0.2, 0) is 11.2 Å². The van der Waals surface area contributed by atoms with Gasteiger partial charge in [0.2, 0.25) is 5.91 Å². The fourth-order valence-corrected chi connectivity index (χ4v) is 4.70. The van der Waals surface area contributed by atoms with Crippen molar-refractivity contribution in [3.8, 4) is 0 Å². The molecule has 2 aliphatic rings. The summed E-state index contributed by atoms with van der Waals surface area (Å²) in [5.74, 6) is 0.992. The molecule has 3 heterocycles. The van der Waals surface area contributed by atoms with Gasteiger partial charge in [0.1, 0.15) is 0 Å². The van der Waals surface area contributed by atoms with E-state index in [1.165, 1.54) is 32.2 Å². The number of aromatic nitrogens is 2. The van der Waals surface area contributed by atoms with Crippen molar-refractivity contribution in [3.05, 3.63) is 23.5 Å². The molecular weight excluding hydrogens is 308 g/mol. The maximum Gasteiger partial charge on any atom is 0.226 e. The third kappa shape index (κ3) is 3.58. The standard InChI is InChI=1S/C17H24N4OS/c22-16(9-15-12-21-7-8-23-17(21)19-15)18-14-5-6-20(11-14)10-13-3-1-2-4-13/h7-8,12-14H,1-6,9-11H2,(H,18,22)/t14-/m0/s1. The highest BCUT2D eigenvalue weighted by Gasteiger charge is 2.27. The van der Waals surface area contributed by atoms with Crippen LogP contribution < -0.4 is 5.32 Å². The largest absolute Gasteiger partial charge is 0.352 e. The topological polar surface area (TPSA) is 49.6 Å². The van der Waals surface area contributed by atoms with Gasteiger partial charge in [0.05, 0.1) is 12.1 Å². The second-order valence-electron chi connectivity index (χ2n) is 6.97. The number of hydrogen-bond acceptors (Lipinski definition) is 4. The maximum atomic E-state index is 12.2. The van der Waals surface area contributed by atoms with E-state index in [0.29, 0.717) is 12.5 Å². The number of carbonyl (C=O) groups is 1. The van der Waals surface area contributed by atoms with Gasteiger partial charge in [0.25, 0.3) is 0 Å². The molecule has 1 aliphatic carbocycles. The van der Waals surface area contributed by atoms with Gasteiger partial charge in [0, 0.05) is 43.4 Å². The van der Waals surface area contributed by atoms with E-state index in [1.807, 2.05) is 22.2 Å². The summed E-state index contributed by atoms with van der Waals surface area (Å²) in [6, 6.07) is 0.313. The number of imidazole rings is 1. The Balaban J connectivity index is 1.25. The van der Waals surface area contributed by atoms with E-state index in [2.05, 4.69) is 15.2 Å². The lowest BCUT2D eigenvalue weighted by Gasteiger charge is -2.20. The lowest BCUT2D eigenvalue weighted by molar-refractivity contribution is -0.121. The number of rotatable bonds is 5. The Kier molecular flexibility index (Phi) is 4.35. The highest BCUT2D eigenvalue weighted by atomic mass is 32.1. The molecule has 0 aromatic carbocycles. The van der Waals surface area contributed by atoms with Crippen molar-refractivity contribution in [1.29, 1.82) is 0 Å². The van der Waals surface area contributed by atoms with Crippen LogP contribution in [0, 0.1) is 5.92 Å². The van der Waals surface area contributed by atoms with Crippen molar-refractivity contribution in [2.75, 3.05) is 19.6 Å². The first-order valence-electron chi connectivity index (χ1n) is 8.69. The van der Waals surface area contributed by atoms with E-state index in [9.17, 15) is 4.79 Å². The molecule has 1 saturated heterocycles. The van der Waals surface area contributed by atoms with Crippen LogP contribution in [0.3, 0.4) is 0 Å². The molecule has 1 aliphatic heterocycles. The summed E-state index contributed by atoms with van der Waals surface area (Å²) in [5.41, 5.74) is 0.857. The number of nitrogens with zero attached hydrogens (tertiary/aromatic N) is 3. The van der Waals surface area contributed by atoms with Gasteiger partial charge in [-0.15, -0.1) is 11.3 Å². The Bertz CT molecular complexity index is 644. The summed E-state index contributed by atoms with van der Waals surface area (Å²) in [6.45, 7) is 3.37. The molecule has 1 saturated carbocycles. The van der Waals surface area contributed by atoms with Gasteiger partial charge in [-0.05, 0) is 25.2 Å². The number of fused-ring (bicyclic) bond motifs is 1. The third-order valence-corrected chi connectivity index (χ3v) is 5.88. The predicted octanol–water partition coefficient (Wildman–Crippen LogP) is 2.32. The Morgan fingerprint density at radius 3 is 3.04 bits per heavy atom. The van der Waals surface area contributed by atoms with E-state index >= 15 is 0 Å². The fraction of sp³-hybridized carbons (Fsp3) is 0.647. The second-order valence-corrected chi connectivity index (χ2v) is 7.84. The van der Waals surface area contributed by atoms with Gasteiger partial charge < -0.3 is 10.2 Å². The number of hydrogen-bond donors (Lipinski definition) is 1. The first-order valence-corrected chi connectivity index (χ1v) is 9.57. The average Bonchev–Trinajstić information content (AvgIpc) is 3.24. The summed E-state index contributed by atoms with van der Waals surface area (Å²) in [4.78, 5) is 20.2. The van der Waals surface area contributed by atoms with E-state index < -0.39 is 0 Å². The number of nitrogens with one attached hydrogen (secondary N) is 1. The van der Waals surface area contributed by atoms with Crippen LogP contribution in [0.5, 0.6) is 0 Å². The minimum Gasteiger partial charge on any atom is -0.352 e. The summed E-state index contributed by atoms with van der Waals surface area (Å²) in [5, 5.41) is 5.20. The monoisotopic (exact) mass is 332 g/mol. The number of thiazole rings is 1. The zero-order valence-electron chi connectivity index (χ0n) is 13.4. The first-order chi connectivity index (χ1) is 11.3. The van der Waals surface area contributed by atoms with E-state index in [1.54, 1.807) is 11.3 Å². The van der Waals surface area contributed by atoms with Crippen LogP contribution in [0.1, 0.15) is 37.8 Å². The number of carbonyl (C=O) groups excluding carboxylic acids is 1. The molecule has 1 atom stereocenters. The lowest BCUT2D eigenvalue weighted by atomic mass is 10.1. The molecule has 2 fully saturated rings. The van der Waals surface area contributed by atoms with Crippen LogP contribution in [0.25, 0.3) is 4.96 Å². The normalized spacial score (nSPS) is 23.0. The average molecular weight is 332 g/mol. The first kappa shape index (κ1) is 15.1. The van der Waals surface area contributed by atoms with Gasteiger partial charge in [0.15, 0.2) is 4.96 Å². The molecule has 6 heteroatoms. The molecule has 2 aromatic heterocycles. The quantitative estimate of drug-likeness (QED) is 0.914. The zero-order valence-corrected chi connectivity index (χ0v) is 14.2. The Morgan fingerprint density at radius 2 is 2.22 bits per heavy atom. The smallest absolute Gasteiger partial charge is 0.226 e. The van der Waals surface area contributed by atoms with Crippen LogP contribution in [-0.4, -0.2) is 45.9 Å². The minimum absolute atomic E-state index is 0.100. The summed E-state index contributed by atoms with van der Waals surface area (Å²) in [7, 11) is 0. The number of amides is 1. The molecule has 1 N–H and O–H groups in total. The van der Waals surface area contributed by atoms with Crippen LogP contribution in [0.4, 0.5) is 0 Å². The molecule has 4 rings (SSSR count). The lowest BCUT2D eigenvalue weighted by Crippen LogP contribution is -2.38. The Hall–Kier alpha value is -1.40. The molecule has 0 spiro atoms. The summed E-state index contributed by atoms with van der Waals surface area (Å²) in [6.07, 6.45) is 11.0. The molecule has 0 unspecified atom stereocenters. The van der Waals surface area contributed by atoms with Crippen molar-refractivity contribution >= 4 is 22.2 Å². The van der Waals surface area contributed by atoms with Crippen molar-refractivity contribution in [3.63, 3.8) is 0 Å². The third-order valence-electron chi connectivity index (χ3n) is 5.11. The SMILES string of the molecule is O=C(Cc1cn2ccsc2n1)N[C@H]1CCN(CC2CCCC2)C1. The van der Waals surface area contributed by atoms with Crippen LogP contribution >= 0.6 is 11.3 Å². The summed E-state index contributed by atoms with van der Waals surface area (Å²) >= 11 is 1.60. The van der Waals surface area contributed by atoms with Gasteiger partial charge in [-0.1, -0.05) is 12.8 Å². The molecule has 0 radical (unpaired) electrons. The van der Waals surface area contributed by atoms with E-state index in [4.69, 9.17) is 0 Å². The Labute approximate surface area is 140 Å². The minimum atomic E-state index is 0.100. The van der Waals surface area contributed by atoms with E-state index in [0.717, 1.165) is 36.1 Å². The number of likely N-dealkylation sites (tertiary alicyclic amines) is 1. The van der Waals surface area contributed by atoms with Gasteiger partial charge in [-0.25, -0.2) is 4.98 Å². The van der Waals surface area contributed by atoms with E-state index in [-0.39, 0.29) is 5.91 Å². The van der Waals surface area contributed by atoms with Crippen LogP contribution in [0.15, 0.2) is 17.8 Å². The second kappa shape index (κ2) is 6.61. The maximum absolute atomic E-state index is 12.2. The summed E-state index contributed by atoms with van der Waals surface area (Å²) < 4.78 is 1.98. The van der Waals surface area contributed by atoms with Crippen molar-refractivity contribution in [2.45, 2.75) is 44.6 Å². The Morgan fingerprint density at radius 1 is 1.35 bits per heavy atom. The van der Waals surface area contributed by atoms with Crippen molar-refractivity contribution < 1.29 is 4.79 Å². The zero-order chi connectivity index (χ0) is 15.6. The van der Waals surface area contributed by atoms with Gasteiger partial charge >= 0.3 is 0 Å². The molecule has 2 aromatic rings. The molecular formula is C17H24N4OS. The molecule has 5 nitrogen and oxygen atoms in total. The van der Waals surface area contributed by atoms with Gasteiger partial charge in [-0.2, -0.15) is 0 Å². The highest BCUT2D eigenvalue weighted by Crippen LogP contribution is 2.26. The fourth-order valence-electron chi connectivity index (χ4n) is 3.98. The van der Waals surface area contributed by atoms with Crippen molar-refractivity contribution in [1.82, 2.24) is 19.6 Å².